The van der Waals surface area contributed by atoms with Crippen molar-refractivity contribution in [3.8, 4) is 0 Å². The van der Waals surface area contributed by atoms with Crippen LogP contribution >= 0.6 is 0 Å². The molecular weight excluding hydrogens is 231 g/mol. The molecule has 2 rings (SSSR count). The van der Waals surface area contributed by atoms with Gasteiger partial charge in [-0.15, -0.1) is 0 Å². The van der Waals surface area contributed by atoms with Gasteiger partial charge in [-0.2, -0.15) is 13.2 Å². The van der Waals surface area contributed by atoms with Gasteiger partial charge < -0.3 is 10.5 Å². The molecule has 1 atom stereocenters. The van der Waals surface area contributed by atoms with Crippen molar-refractivity contribution in [2.24, 2.45) is 5.73 Å². The number of nitrogens with two attached hydrogens (primary N) is 1. The summed E-state index contributed by atoms with van der Waals surface area (Å²) in [4.78, 5) is 0. The fourth-order valence-electron chi connectivity index (χ4n) is 2.19. The normalized spacial score (nSPS) is 25.9. The van der Waals surface area contributed by atoms with Gasteiger partial charge in [0.2, 0.25) is 0 Å². The summed E-state index contributed by atoms with van der Waals surface area (Å²) in [5, 5.41) is 0. The Bertz CT molecular complexity index is 397. The monoisotopic (exact) mass is 245 g/mol. The van der Waals surface area contributed by atoms with Crippen LogP contribution in [0.25, 0.3) is 0 Å². The number of ether oxygens (including phenoxy) is 1. The van der Waals surface area contributed by atoms with Gasteiger partial charge in [0.1, 0.15) is 0 Å². The summed E-state index contributed by atoms with van der Waals surface area (Å²) in [6, 6.07) is 5.46. The standard InChI is InChI=1S/C12H14F3NO/c13-12(14,15)10-5-2-1-4-9(10)11(16)6-3-7-17-8-11/h1-2,4-5H,3,6-8,16H2. The van der Waals surface area contributed by atoms with Crippen LogP contribution in [0.2, 0.25) is 0 Å². The maximum absolute atomic E-state index is 12.9. The molecule has 0 bridgehead atoms. The van der Waals surface area contributed by atoms with Crippen LogP contribution in [0.1, 0.15) is 24.0 Å². The van der Waals surface area contributed by atoms with Gasteiger partial charge in [-0.05, 0) is 24.5 Å². The minimum absolute atomic E-state index is 0.132. The predicted octanol–water partition coefficient (Wildman–Crippen LogP) is 2.67. The van der Waals surface area contributed by atoms with E-state index in [9.17, 15) is 13.2 Å². The molecule has 1 aromatic rings. The third kappa shape index (κ3) is 2.45. The van der Waals surface area contributed by atoms with E-state index >= 15 is 0 Å². The first-order chi connectivity index (χ1) is 7.93. The Morgan fingerprint density at radius 3 is 2.53 bits per heavy atom. The lowest BCUT2D eigenvalue weighted by Gasteiger charge is -2.35. The summed E-state index contributed by atoms with van der Waals surface area (Å²) in [5.74, 6) is 0. The van der Waals surface area contributed by atoms with E-state index in [1.54, 1.807) is 6.07 Å². The molecule has 1 saturated heterocycles. The number of benzene rings is 1. The SMILES string of the molecule is NC1(c2ccccc2C(F)(F)F)CCCOC1. The zero-order chi connectivity index (χ0) is 12.5. The number of hydrogen-bond acceptors (Lipinski definition) is 2. The maximum Gasteiger partial charge on any atom is 0.416 e. The van der Waals surface area contributed by atoms with Crippen LogP contribution in [0.3, 0.4) is 0 Å². The Labute approximate surface area is 97.6 Å². The van der Waals surface area contributed by atoms with Crippen molar-refractivity contribution in [3.63, 3.8) is 0 Å². The summed E-state index contributed by atoms with van der Waals surface area (Å²) < 4.78 is 43.8. The van der Waals surface area contributed by atoms with Crippen LogP contribution in [0.4, 0.5) is 13.2 Å². The van der Waals surface area contributed by atoms with Gasteiger partial charge in [0.15, 0.2) is 0 Å². The lowest BCUT2D eigenvalue weighted by molar-refractivity contribution is -0.139. The molecule has 0 amide bonds. The predicted molar refractivity (Wildman–Crippen MR) is 57.4 cm³/mol. The Morgan fingerprint density at radius 2 is 1.94 bits per heavy atom. The highest BCUT2D eigenvalue weighted by Crippen LogP contribution is 2.38. The third-order valence-electron chi connectivity index (χ3n) is 3.04. The first-order valence-corrected chi connectivity index (χ1v) is 5.47. The first-order valence-electron chi connectivity index (χ1n) is 5.47. The Balaban J connectivity index is 2.44. The second kappa shape index (κ2) is 4.31. The lowest BCUT2D eigenvalue weighted by atomic mass is 9.83. The van der Waals surface area contributed by atoms with E-state index < -0.39 is 17.3 Å². The zero-order valence-corrected chi connectivity index (χ0v) is 9.26. The van der Waals surface area contributed by atoms with Crippen LogP contribution in [0.15, 0.2) is 24.3 Å². The number of alkyl halides is 3. The summed E-state index contributed by atoms with van der Waals surface area (Å²) in [7, 11) is 0. The highest BCUT2D eigenvalue weighted by Gasteiger charge is 2.40. The quantitative estimate of drug-likeness (QED) is 0.825. The molecule has 94 valence electrons. The van der Waals surface area contributed by atoms with Crippen molar-refractivity contribution in [1.82, 2.24) is 0 Å². The molecule has 1 aliphatic rings. The van der Waals surface area contributed by atoms with E-state index in [0.29, 0.717) is 19.4 Å². The number of rotatable bonds is 1. The molecule has 0 aliphatic carbocycles. The topological polar surface area (TPSA) is 35.2 Å². The van der Waals surface area contributed by atoms with E-state index in [4.69, 9.17) is 10.5 Å². The molecule has 1 unspecified atom stereocenters. The van der Waals surface area contributed by atoms with Gasteiger partial charge in [0.25, 0.3) is 0 Å². The number of hydrogen-bond donors (Lipinski definition) is 1. The average Bonchev–Trinajstić information content (AvgIpc) is 2.29. The van der Waals surface area contributed by atoms with Crippen molar-refractivity contribution >= 4 is 0 Å². The third-order valence-corrected chi connectivity index (χ3v) is 3.04. The highest BCUT2D eigenvalue weighted by atomic mass is 19.4. The molecule has 0 radical (unpaired) electrons. The fourth-order valence-corrected chi connectivity index (χ4v) is 2.19. The lowest BCUT2D eigenvalue weighted by Crippen LogP contribution is -2.45. The molecule has 0 spiro atoms. The second-order valence-electron chi connectivity index (χ2n) is 4.36. The summed E-state index contributed by atoms with van der Waals surface area (Å²) in [6.45, 7) is 0.702. The largest absolute Gasteiger partial charge is 0.416 e. The molecule has 2 nitrogen and oxygen atoms in total. The van der Waals surface area contributed by atoms with E-state index in [1.165, 1.54) is 12.1 Å². The van der Waals surface area contributed by atoms with E-state index in [-0.39, 0.29) is 12.2 Å². The van der Waals surface area contributed by atoms with Crippen molar-refractivity contribution in [3.05, 3.63) is 35.4 Å². The Kier molecular flexibility index (Phi) is 3.14. The summed E-state index contributed by atoms with van der Waals surface area (Å²) in [6.07, 6.45) is -3.18. The van der Waals surface area contributed by atoms with Crippen molar-refractivity contribution in [1.29, 1.82) is 0 Å². The molecule has 5 heteroatoms. The van der Waals surface area contributed by atoms with E-state index in [2.05, 4.69) is 0 Å². The molecule has 17 heavy (non-hydrogen) atoms. The molecule has 1 fully saturated rings. The minimum atomic E-state index is -4.37. The summed E-state index contributed by atoms with van der Waals surface area (Å²) in [5.41, 5.74) is 4.50. The smallest absolute Gasteiger partial charge is 0.379 e. The van der Waals surface area contributed by atoms with Gasteiger partial charge in [-0.25, -0.2) is 0 Å². The molecule has 1 aliphatic heterocycles. The zero-order valence-electron chi connectivity index (χ0n) is 9.26. The fraction of sp³-hybridized carbons (Fsp3) is 0.500. The Hall–Kier alpha value is -1.07. The molecule has 1 heterocycles. The number of halogens is 3. The van der Waals surface area contributed by atoms with Crippen molar-refractivity contribution in [2.45, 2.75) is 24.6 Å². The Morgan fingerprint density at radius 1 is 1.24 bits per heavy atom. The van der Waals surface area contributed by atoms with Gasteiger partial charge in [0, 0.05) is 6.61 Å². The minimum Gasteiger partial charge on any atom is -0.379 e. The van der Waals surface area contributed by atoms with Crippen LogP contribution in [-0.2, 0) is 16.5 Å². The van der Waals surface area contributed by atoms with Crippen molar-refractivity contribution < 1.29 is 17.9 Å². The van der Waals surface area contributed by atoms with Crippen LogP contribution in [0, 0.1) is 0 Å². The van der Waals surface area contributed by atoms with Gasteiger partial charge in [0.05, 0.1) is 17.7 Å². The molecule has 0 aromatic heterocycles. The molecule has 1 aromatic carbocycles. The molecule has 2 N–H and O–H groups in total. The van der Waals surface area contributed by atoms with Gasteiger partial charge in [-0.3, -0.25) is 0 Å². The second-order valence-corrected chi connectivity index (χ2v) is 4.36. The average molecular weight is 245 g/mol. The molecular formula is C12H14F3NO. The van der Waals surface area contributed by atoms with E-state index in [0.717, 1.165) is 6.07 Å². The van der Waals surface area contributed by atoms with Crippen LogP contribution < -0.4 is 5.73 Å². The summed E-state index contributed by atoms with van der Waals surface area (Å²) >= 11 is 0. The van der Waals surface area contributed by atoms with Crippen LogP contribution in [-0.4, -0.2) is 13.2 Å². The van der Waals surface area contributed by atoms with Gasteiger partial charge in [-0.1, -0.05) is 18.2 Å². The van der Waals surface area contributed by atoms with Gasteiger partial charge >= 0.3 is 6.18 Å². The maximum atomic E-state index is 12.9. The highest BCUT2D eigenvalue weighted by molar-refractivity contribution is 5.36. The van der Waals surface area contributed by atoms with Crippen LogP contribution in [0.5, 0.6) is 0 Å². The molecule has 0 saturated carbocycles. The van der Waals surface area contributed by atoms with Crippen molar-refractivity contribution in [2.75, 3.05) is 13.2 Å². The van der Waals surface area contributed by atoms with E-state index in [1.807, 2.05) is 0 Å². The first kappa shape index (κ1) is 12.4.